The molecule has 0 spiro atoms. The minimum absolute atomic E-state index is 0.0238. The van der Waals surface area contributed by atoms with E-state index in [-0.39, 0.29) is 29.1 Å². The molecule has 1 aliphatic carbocycles. The summed E-state index contributed by atoms with van der Waals surface area (Å²) in [5.74, 6) is -0.314. The van der Waals surface area contributed by atoms with Gasteiger partial charge in [-0.2, -0.15) is 0 Å². The van der Waals surface area contributed by atoms with E-state index < -0.39 is 28.5 Å². The van der Waals surface area contributed by atoms with Crippen molar-refractivity contribution in [2.75, 3.05) is 18.0 Å². The molecule has 8 nitrogen and oxygen atoms in total. The summed E-state index contributed by atoms with van der Waals surface area (Å²) in [7, 11) is -2.65. The number of anilines is 1. The Bertz CT molecular complexity index is 1510. The number of amides is 2. The number of nitrogens with one attached hydrogen (secondary N) is 1. The fourth-order valence-corrected chi connectivity index (χ4v) is 6.66. The van der Waals surface area contributed by atoms with Crippen LogP contribution in [0.5, 0.6) is 5.75 Å². The summed E-state index contributed by atoms with van der Waals surface area (Å²) in [4.78, 5) is 28.8. The Morgan fingerprint density at radius 1 is 0.976 bits per heavy atom. The SMILES string of the molecule is COc1ccc(N(CC(=O)N(Cc2ccc(Cl)c(Cl)c2)C(C)C(=O)NC2CCCC2)S(=O)(=O)c2ccc(C)cc2)cc1. The van der Waals surface area contributed by atoms with Gasteiger partial charge in [-0.05, 0) is 80.8 Å². The van der Waals surface area contributed by atoms with Gasteiger partial charge in [0.25, 0.3) is 10.0 Å². The molecule has 3 aromatic carbocycles. The van der Waals surface area contributed by atoms with E-state index in [0.717, 1.165) is 35.6 Å². The molecular formula is C31H35Cl2N3O5S. The fraction of sp³-hybridized carbons (Fsp3) is 0.355. The minimum atomic E-state index is -4.16. The second kappa shape index (κ2) is 13.8. The molecule has 11 heteroatoms. The topological polar surface area (TPSA) is 96.0 Å². The van der Waals surface area contributed by atoms with Crippen LogP contribution in [0.1, 0.15) is 43.7 Å². The molecule has 1 saturated carbocycles. The Morgan fingerprint density at radius 2 is 1.62 bits per heavy atom. The average Bonchev–Trinajstić information content (AvgIpc) is 3.49. The van der Waals surface area contributed by atoms with Gasteiger partial charge in [0.1, 0.15) is 18.3 Å². The zero-order chi connectivity index (χ0) is 30.4. The van der Waals surface area contributed by atoms with Crippen molar-refractivity contribution in [2.24, 2.45) is 0 Å². The van der Waals surface area contributed by atoms with Crippen LogP contribution in [0.4, 0.5) is 5.69 Å². The van der Waals surface area contributed by atoms with Crippen LogP contribution in [-0.4, -0.2) is 50.9 Å². The molecule has 1 atom stereocenters. The van der Waals surface area contributed by atoms with Crippen LogP contribution in [0.25, 0.3) is 0 Å². The minimum Gasteiger partial charge on any atom is -0.497 e. The number of carbonyl (C=O) groups excluding carboxylic acids is 2. The van der Waals surface area contributed by atoms with Gasteiger partial charge in [-0.15, -0.1) is 0 Å². The van der Waals surface area contributed by atoms with Gasteiger partial charge in [0, 0.05) is 12.6 Å². The quantitative estimate of drug-likeness (QED) is 0.281. The number of sulfonamides is 1. The predicted molar refractivity (Wildman–Crippen MR) is 166 cm³/mol. The van der Waals surface area contributed by atoms with Crippen molar-refractivity contribution < 1.29 is 22.7 Å². The van der Waals surface area contributed by atoms with Gasteiger partial charge < -0.3 is 15.0 Å². The molecule has 2 amide bonds. The van der Waals surface area contributed by atoms with Crippen LogP contribution in [0.3, 0.4) is 0 Å². The normalized spacial score (nSPS) is 14.3. The maximum Gasteiger partial charge on any atom is 0.264 e. The maximum atomic E-state index is 14.1. The first-order chi connectivity index (χ1) is 20.0. The largest absolute Gasteiger partial charge is 0.497 e. The highest BCUT2D eigenvalue weighted by molar-refractivity contribution is 7.92. The highest BCUT2D eigenvalue weighted by atomic mass is 35.5. The van der Waals surface area contributed by atoms with E-state index in [1.54, 1.807) is 61.5 Å². The first-order valence-corrected chi connectivity index (χ1v) is 16.0. The molecule has 0 aliphatic heterocycles. The summed E-state index contributed by atoms with van der Waals surface area (Å²) in [6.45, 7) is 2.99. The molecule has 1 unspecified atom stereocenters. The monoisotopic (exact) mass is 631 g/mol. The molecule has 1 N–H and O–H groups in total. The Kier molecular flexibility index (Phi) is 10.4. The van der Waals surface area contributed by atoms with E-state index in [9.17, 15) is 18.0 Å². The van der Waals surface area contributed by atoms with Crippen LogP contribution in [0.15, 0.2) is 71.6 Å². The Balaban J connectivity index is 1.70. The second-order valence-corrected chi connectivity index (χ2v) is 13.1. The molecule has 0 bridgehead atoms. The summed E-state index contributed by atoms with van der Waals surface area (Å²) in [5.41, 5.74) is 1.83. The number of halogens is 2. The number of aryl methyl sites for hydroxylation is 1. The number of hydrogen-bond donors (Lipinski definition) is 1. The summed E-state index contributed by atoms with van der Waals surface area (Å²) in [5, 5.41) is 3.73. The summed E-state index contributed by atoms with van der Waals surface area (Å²) in [6, 6.07) is 17.0. The molecule has 224 valence electrons. The van der Waals surface area contributed by atoms with Gasteiger partial charge >= 0.3 is 0 Å². The first-order valence-electron chi connectivity index (χ1n) is 13.8. The lowest BCUT2D eigenvalue weighted by molar-refractivity contribution is -0.139. The number of ether oxygens (including phenoxy) is 1. The summed E-state index contributed by atoms with van der Waals surface area (Å²) < 4.78 is 34.2. The summed E-state index contributed by atoms with van der Waals surface area (Å²) in [6.07, 6.45) is 3.86. The van der Waals surface area contributed by atoms with Crippen LogP contribution in [0, 0.1) is 6.92 Å². The highest BCUT2D eigenvalue weighted by Gasteiger charge is 2.33. The lowest BCUT2D eigenvalue weighted by atomic mass is 10.1. The molecule has 0 heterocycles. The summed E-state index contributed by atoms with van der Waals surface area (Å²) >= 11 is 12.4. The number of methoxy groups -OCH3 is 1. The number of rotatable bonds is 11. The van der Waals surface area contributed by atoms with Gasteiger partial charge in [-0.3, -0.25) is 13.9 Å². The van der Waals surface area contributed by atoms with E-state index in [0.29, 0.717) is 21.4 Å². The Morgan fingerprint density at radius 3 is 2.21 bits per heavy atom. The molecule has 0 aromatic heterocycles. The van der Waals surface area contributed by atoms with Gasteiger partial charge in [-0.1, -0.05) is 59.8 Å². The van der Waals surface area contributed by atoms with Crippen molar-refractivity contribution in [3.8, 4) is 5.75 Å². The van der Waals surface area contributed by atoms with Gasteiger partial charge in [0.15, 0.2) is 0 Å². The van der Waals surface area contributed by atoms with Gasteiger partial charge in [-0.25, -0.2) is 8.42 Å². The number of nitrogens with zero attached hydrogens (tertiary/aromatic N) is 2. The van der Waals surface area contributed by atoms with Crippen molar-refractivity contribution in [3.05, 3.63) is 87.9 Å². The average molecular weight is 633 g/mol. The van der Waals surface area contributed by atoms with E-state index >= 15 is 0 Å². The molecule has 3 aromatic rings. The van der Waals surface area contributed by atoms with Gasteiger partial charge in [0.05, 0.1) is 27.7 Å². The predicted octanol–water partition coefficient (Wildman–Crippen LogP) is 5.98. The number of hydrogen-bond acceptors (Lipinski definition) is 5. The first kappa shape index (κ1) is 31.7. The maximum absolute atomic E-state index is 14.1. The standard InChI is InChI=1S/C31H35Cl2N3O5S/c1-21-8-15-27(16-9-21)42(39,40)36(25-11-13-26(41-3)14-12-25)20-30(37)35(19-23-10-17-28(32)29(33)18-23)22(2)31(38)34-24-6-4-5-7-24/h8-18,22,24H,4-7,19-20H2,1-3H3,(H,34,38). The Hall–Kier alpha value is -3.27. The molecule has 42 heavy (non-hydrogen) atoms. The number of carbonyl (C=O) groups is 2. The lowest BCUT2D eigenvalue weighted by Gasteiger charge is -2.32. The smallest absolute Gasteiger partial charge is 0.264 e. The van der Waals surface area contributed by atoms with Crippen molar-refractivity contribution in [1.29, 1.82) is 0 Å². The van der Waals surface area contributed by atoms with Crippen molar-refractivity contribution in [1.82, 2.24) is 10.2 Å². The fourth-order valence-electron chi connectivity index (χ4n) is 4.92. The van der Waals surface area contributed by atoms with Crippen LogP contribution in [-0.2, 0) is 26.2 Å². The highest BCUT2D eigenvalue weighted by Crippen LogP contribution is 2.28. The van der Waals surface area contributed by atoms with E-state index in [1.165, 1.54) is 24.1 Å². The Labute approximate surface area is 257 Å². The molecule has 0 saturated heterocycles. The number of benzene rings is 3. The van der Waals surface area contributed by atoms with E-state index in [1.807, 2.05) is 6.92 Å². The zero-order valence-electron chi connectivity index (χ0n) is 23.8. The third-order valence-electron chi connectivity index (χ3n) is 7.45. The molecule has 4 rings (SSSR count). The third-order valence-corrected chi connectivity index (χ3v) is 9.98. The molecule has 0 radical (unpaired) electrons. The van der Waals surface area contributed by atoms with Crippen molar-refractivity contribution >= 4 is 50.7 Å². The lowest BCUT2D eigenvalue weighted by Crippen LogP contribution is -2.52. The van der Waals surface area contributed by atoms with Crippen LogP contribution >= 0.6 is 23.2 Å². The second-order valence-electron chi connectivity index (χ2n) is 10.5. The molecule has 1 aliphatic rings. The van der Waals surface area contributed by atoms with Crippen LogP contribution in [0.2, 0.25) is 10.0 Å². The molecular weight excluding hydrogens is 597 g/mol. The van der Waals surface area contributed by atoms with E-state index in [4.69, 9.17) is 27.9 Å². The van der Waals surface area contributed by atoms with Crippen molar-refractivity contribution in [2.45, 2.75) is 63.1 Å². The van der Waals surface area contributed by atoms with Crippen molar-refractivity contribution in [3.63, 3.8) is 0 Å². The van der Waals surface area contributed by atoms with Gasteiger partial charge in [0.2, 0.25) is 11.8 Å². The van der Waals surface area contributed by atoms with E-state index in [2.05, 4.69) is 5.32 Å². The third kappa shape index (κ3) is 7.56. The zero-order valence-corrected chi connectivity index (χ0v) is 26.2. The van der Waals surface area contributed by atoms with Crippen LogP contribution < -0.4 is 14.4 Å². The molecule has 1 fully saturated rings.